The van der Waals surface area contributed by atoms with Gasteiger partial charge in [0.25, 0.3) is 0 Å². The Hall–Kier alpha value is -3.57. The van der Waals surface area contributed by atoms with Crippen molar-refractivity contribution in [2.75, 3.05) is 26.8 Å². The molecule has 5 nitrogen and oxygen atoms in total. The Morgan fingerprint density at radius 2 is 1.72 bits per heavy atom. The van der Waals surface area contributed by atoms with Gasteiger partial charge in [0, 0.05) is 48.1 Å². The molecular formula is C34H36N2O3. The first-order chi connectivity index (χ1) is 19.1. The Morgan fingerprint density at radius 3 is 2.51 bits per heavy atom. The second-order valence-electron chi connectivity index (χ2n) is 11.8. The topological polar surface area (TPSA) is 43.7 Å². The van der Waals surface area contributed by atoms with E-state index >= 15 is 0 Å². The van der Waals surface area contributed by atoms with Gasteiger partial charge >= 0.3 is 5.97 Å². The number of rotatable bonds is 4. The van der Waals surface area contributed by atoms with Crippen molar-refractivity contribution < 1.29 is 14.3 Å². The molecule has 1 saturated heterocycles. The maximum absolute atomic E-state index is 12.6. The number of benzene rings is 3. The molecule has 0 bridgehead atoms. The summed E-state index contributed by atoms with van der Waals surface area (Å²) in [5.74, 6) is 1.20. The third kappa shape index (κ3) is 4.33. The molecule has 5 heteroatoms. The van der Waals surface area contributed by atoms with E-state index in [1.165, 1.54) is 67.0 Å². The zero-order valence-electron chi connectivity index (χ0n) is 22.7. The van der Waals surface area contributed by atoms with E-state index in [1.54, 1.807) is 0 Å². The summed E-state index contributed by atoms with van der Waals surface area (Å²) in [4.78, 5) is 15.1. The molecule has 1 saturated carbocycles. The van der Waals surface area contributed by atoms with E-state index in [9.17, 15) is 4.79 Å². The number of likely N-dealkylation sites (tertiary alicyclic amines) is 1. The maximum atomic E-state index is 12.6. The second-order valence-corrected chi connectivity index (χ2v) is 11.8. The van der Waals surface area contributed by atoms with Gasteiger partial charge in [-0.25, -0.2) is 4.79 Å². The minimum Gasteiger partial charge on any atom is -0.492 e. The molecule has 1 spiro atoms. The zero-order chi connectivity index (χ0) is 26.4. The third-order valence-corrected chi connectivity index (χ3v) is 9.07. The SMILES string of the molecule is COC(=O)c1ccc2c(C3CCCCC3)c3n(c2c1)CC1(COc2ccccc2-3)CN(Cc2ccccc2)C1. The molecule has 0 N–H and O–H groups in total. The number of aromatic nitrogens is 1. The van der Waals surface area contributed by atoms with E-state index in [4.69, 9.17) is 9.47 Å². The summed E-state index contributed by atoms with van der Waals surface area (Å²) in [6, 6.07) is 25.4. The number of para-hydroxylation sites is 1. The monoisotopic (exact) mass is 520 g/mol. The van der Waals surface area contributed by atoms with Crippen molar-refractivity contribution in [1.29, 1.82) is 0 Å². The zero-order valence-corrected chi connectivity index (χ0v) is 22.7. The van der Waals surface area contributed by atoms with Gasteiger partial charge in [0.15, 0.2) is 0 Å². The Labute approximate surface area is 230 Å². The minimum atomic E-state index is -0.284. The molecule has 39 heavy (non-hydrogen) atoms. The molecule has 2 aliphatic heterocycles. The highest BCUT2D eigenvalue weighted by atomic mass is 16.5. The number of ether oxygens (including phenoxy) is 2. The number of hydrogen-bond donors (Lipinski definition) is 0. The quantitative estimate of drug-likeness (QED) is 0.271. The average Bonchev–Trinajstić information content (AvgIpc) is 3.27. The summed E-state index contributed by atoms with van der Waals surface area (Å²) in [6.45, 7) is 4.48. The van der Waals surface area contributed by atoms with Crippen LogP contribution in [0, 0.1) is 5.41 Å². The molecule has 0 amide bonds. The largest absolute Gasteiger partial charge is 0.492 e. The molecule has 7 rings (SSSR count). The molecule has 3 heterocycles. The number of esters is 1. The Bertz CT molecular complexity index is 1510. The van der Waals surface area contributed by atoms with Crippen LogP contribution < -0.4 is 4.74 Å². The van der Waals surface area contributed by atoms with Crippen LogP contribution in [-0.4, -0.2) is 42.2 Å². The number of hydrogen-bond acceptors (Lipinski definition) is 4. The summed E-state index contributed by atoms with van der Waals surface area (Å²) in [5.41, 5.74) is 7.01. The first kappa shape index (κ1) is 24.5. The van der Waals surface area contributed by atoms with Crippen LogP contribution in [0.25, 0.3) is 22.2 Å². The van der Waals surface area contributed by atoms with Crippen LogP contribution in [0.4, 0.5) is 0 Å². The average molecular weight is 521 g/mol. The van der Waals surface area contributed by atoms with Crippen molar-refractivity contribution >= 4 is 16.9 Å². The van der Waals surface area contributed by atoms with Crippen molar-refractivity contribution in [2.45, 2.75) is 51.1 Å². The molecule has 3 aliphatic rings. The summed E-state index contributed by atoms with van der Waals surface area (Å²) in [6.07, 6.45) is 6.28. The highest BCUT2D eigenvalue weighted by Crippen LogP contribution is 2.49. The van der Waals surface area contributed by atoms with Crippen molar-refractivity contribution in [3.8, 4) is 17.0 Å². The van der Waals surface area contributed by atoms with E-state index in [2.05, 4.69) is 76.2 Å². The Balaban J connectivity index is 1.37. The van der Waals surface area contributed by atoms with Crippen LogP contribution in [0.5, 0.6) is 5.75 Å². The molecule has 3 aromatic carbocycles. The van der Waals surface area contributed by atoms with Gasteiger partial charge in [0.2, 0.25) is 0 Å². The number of nitrogens with zero attached hydrogens (tertiary/aromatic N) is 2. The predicted octanol–water partition coefficient (Wildman–Crippen LogP) is 7.04. The predicted molar refractivity (Wildman–Crippen MR) is 154 cm³/mol. The van der Waals surface area contributed by atoms with Crippen molar-refractivity contribution in [3.05, 3.63) is 89.5 Å². The molecule has 1 aromatic heterocycles. The smallest absolute Gasteiger partial charge is 0.337 e. The van der Waals surface area contributed by atoms with Gasteiger partial charge in [-0.1, -0.05) is 67.8 Å². The summed E-state index contributed by atoms with van der Waals surface area (Å²) in [5, 5.41) is 1.27. The Morgan fingerprint density at radius 1 is 0.949 bits per heavy atom. The summed E-state index contributed by atoms with van der Waals surface area (Å²) >= 11 is 0. The van der Waals surface area contributed by atoms with E-state index < -0.39 is 0 Å². The van der Waals surface area contributed by atoms with Crippen molar-refractivity contribution in [3.63, 3.8) is 0 Å². The molecular weight excluding hydrogens is 484 g/mol. The Kier molecular flexibility index (Phi) is 6.19. The standard InChI is InChI=1S/C34H36N2O3/c1-38-33(37)26-16-17-27-29(18-26)36-22-34(20-35(21-34)19-24-10-4-2-5-11-24)23-39-30-15-9-8-14-28(30)32(36)31(27)25-12-6-3-7-13-25/h2,4-5,8-11,14-18,25H,3,6-7,12-13,19-23H2,1H3. The number of carbonyl (C=O) groups excluding carboxylic acids is 1. The van der Waals surface area contributed by atoms with Crippen LogP contribution in [0.15, 0.2) is 72.8 Å². The van der Waals surface area contributed by atoms with Crippen LogP contribution in [0.3, 0.4) is 0 Å². The van der Waals surface area contributed by atoms with Crippen molar-refractivity contribution in [1.82, 2.24) is 9.47 Å². The van der Waals surface area contributed by atoms with Gasteiger partial charge in [-0.2, -0.15) is 0 Å². The van der Waals surface area contributed by atoms with Gasteiger partial charge < -0.3 is 14.0 Å². The summed E-state index contributed by atoms with van der Waals surface area (Å²) in [7, 11) is 1.46. The highest BCUT2D eigenvalue weighted by molar-refractivity contribution is 5.99. The van der Waals surface area contributed by atoms with Gasteiger partial charge in [0.1, 0.15) is 5.75 Å². The maximum Gasteiger partial charge on any atom is 0.337 e. The molecule has 0 atom stereocenters. The lowest BCUT2D eigenvalue weighted by Gasteiger charge is -2.51. The van der Waals surface area contributed by atoms with Crippen LogP contribution in [0.2, 0.25) is 0 Å². The lowest BCUT2D eigenvalue weighted by atomic mass is 9.79. The third-order valence-electron chi connectivity index (χ3n) is 9.07. The lowest BCUT2D eigenvalue weighted by molar-refractivity contribution is -0.0504. The fourth-order valence-corrected chi connectivity index (χ4v) is 7.33. The van der Waals surface area contributed by atoms with E-state index in [0.29, 0.717) is 18.1 Å². The van der Waals surface area contributed by atoms with Crippen LogP contribution in [-0.2, 0) is 17.8 Å². The molecule has 4 aromatic rings. The molecule has 1 aliphatic carbocycles. The second kappa shape index (κ2) is 9.87. The molecule has 0 radical (unpaired) electrons. The van der Waals surface area contributed by atoms with E-state index in [1.807, 2.05) is 6.07 Å². The number of carbonyl (C=O) groups is 1. The fraction of sp³-hybridized carbons (Fsp3) is 0.382. The minimum absolute atomic E-state index is 0.00805. The van der Waals surface area contributed by atoms with Gasteiger partial charge in [-0.15, -0.1) is 0 Å². The lowest BCUT2D eigenvalue weighted by Crippen LogP contribution is -2.60. The fourth-order valence-electron chi connectivity index (χ4n) is 7.33. The highest BCUT2D eigenvalue weighted by Gasteiger charge is 2.46. The number of methoxy groups -OCH3 is 1. The van der Waals surface area contributed by atoms with E-state index in [-0.39, 0.29) is 11.4 Å². The molecule has 200 valence electrons. The van der Waals surface area contributed by atoms with Crippen LogP contribution in [0.1, 0.15) is 59.5 Å². The first-order valence-corrected chi connectivity index (χ1v) is 14.4. The first-order valence-electron chi connectivity index (χ1n) is 14.4. The van der Waals surface area contributed by atoms with Gasteiger partial charge in [0.05, 0.1) is 25.0 Å². The van der Waals surface area contributed by atoms with Gasteiger partial charge in [-0.05, 0) is 54.2 Å². The van der Waals surface area contributed by atoms with E-state index in [0.717, 1.165) is 37.4 Å². The van der Waals surface area contributed by atoms with Crippen molar-refractivity contribution in [2.24, 2.45) is 5.41 Å². The summed E-state index contributed by atoms with van der Waals surface area (Å²) < 4.78 is 14.3. The normalized spacial score (nSPS) is 18.9. The molecule has 0 unspecified atom stereocenters. The number of fused-ring (bicyclic) bond motifs is 5. The molecule has 2 fully saturated rings. The van der Waals surface area contributed by atoms with Gasteiger partial charge in [-0.3, -0.25) is 4.90 Å². The van der Waals surface area contributed by atoms with Crippen LogP contribution >= 0.6 is 0 Å².